The highest BCUT2D eigenvalue weighted by Gasteiger charge is 2.23. The summed E-state index contributed by atoms with van der Waals surface area (Å²) in [6, 6.07) is 4.16. The number of hydrogen-bond acceptors (Lipinski definition) is 5. The minimum absolute atomic E-state index is 0.00842. The fraction of sp³-hybridized carbons (Fsp3) is 0.600. The molecule has 3 N–H and O–H groups in total. The minimum atomic E-state index is -3.76. The van der Waals surface area contributed by atoms with Gasteiger partial charge in [0.15, 0.2) is 0 Å². The summed E-state index contributed by atoms with van der Waals surface area (Å²) < 4.78 is 38.8. The Balaban J connectivity index is 2.16. The van der Waals surface area contributed by atoms with Crippen LogP contribution in [0.1, 0.15) is 26.2 Å². The third kappa shape index (κ3) is 5.32. The van der Waals surface area contributed by atoms with Gasteiger partial charge in [-0.25, -0.2) is 13.1 Å². The van der Waals surface area contributed by atoms with Crippen molar-refractivity contribution >= 4 is 21.6 Å². The zero-order valence-electron chi connectivity index (χ0n) is 13.1. The van der Waals surface area contributed by atoms with Crippen molar-refractivity contribution in [3.63, 3.8) is 0 Å². The molecule has 1 heterocycles. The van der Waals surface area contributed by atoms with Crippen molar-refractivity contribution < 1.29 is 17.9 Å². The van der Waals surface area contributed by atoms with Crippen LogP contribution < -0.4 is 15.2 Å². The normalized spacial score (nSPS) is 20.2. The number of halogens is 1. The summed E-state index contributed by atoms with van der Waals surface area (Å²) in [6.45, 7) is 2.93. The number of nitrogens with two attached hydrogens (primary N) is 1. The van der Waals surface area contributed by atoms with Crippen molar-refractivity contribution in [1.82, 2.24) is 4.72 Å². The van der Waals surface area contributed by atoms with Crippen molar-refractivity contribution in [2.24, 2.45) is 5.73 Å². The van der Waals surface area contributed by atoms with Crippen LogP contribution in [-0.2, 0) is 14.8 Å². The van der Waals surface area contributed by atoms with E-state index in [4.69, 9.17) is 26.8 Å². The Kier molecular flexibility index (Phi) is 6.67. The number of hydrogen-bond donors (Lipinski definition) is 2. The van der Waals surface area contributed by atoms with Crippen LogP contribution in [0.2, 0.25) is 5.02 Å². The third-order valence-electron chi connectivity index (χ3n) is 3.60. The lowest BCUT2D eigenvalue weighted by atomic mass is 10.1. The zero-order valence-corrected chi connectivity index (χ0v) is 14.7. The summed E-state index contributed by atoms with van der Waals surface area (Å²) >= 11 is 5.94. The molecule has 0 saturated carbocycles. The lowest BCUT2D eigenvalue weighted by Gasteiger charge is -2.23. The minimum Gasteiger partial charge on any atom is -0.489 e. The first-order valence-corrected chi connectivity index (χ1v) is 9.55. The van der Waals surface area contributed by atoms with E-state index in [0.717, 1.165) is 25.9 Å². The van der Waals surface area contributed by atoms with E-state index in [1.165, 1.54) is 6.07 Å². The molecular formula is C15H23ClN2O4S. The first-order chi connectivity index (χ1) is 10.9. The molecule has 0 amide bonds. The predicted octanol–water partition coefficient (Wildman–Crippen LogP) is 1.91. The summed E-state index contributed by atoms with van der Waals surface area (Å²) in [4.78, 5) is 0.0149. The Morgan fingerprint density at radius 3 is 2.91 bits per heavy atom. The molecule has 2 atom stereocenters. The highest BCUT2D eigenvalue weighted by Crippen LogP contribution is 2.28. The SMILES string of the molecule is C[C@@H](CN)NS(=O)(=O)c1cc(Cl)ccc1OCC1CCCCO1. The van der Waals surface area contributed by atoms with Gasteiger partial charge in [0.25, 0.3) is 0 Å². The van der Waals surface area contributed by atoms with E-state index >= 15 is 0 Å². The lowest BCUT2D eigenvalue weighted by Crippen LogP contribution is -2.38. The highest BCUT2D eigenvalue weighted by atomic mass is 35.5. The number of ether oxygens (including phenoxy) is 2. The average Bonchev–Trinajstić information content (AvgIpc) is 2.54. The van der Waals surface area contributed by atoms with Gasteiger partial charge in [0.2, 0.25) is 10.0 Å². The molecule has 0 spiro atoms. The van der Waals surface area contributed by atoms with Crippen molar-refractivity contribution in [3.05, 3.63) is 23.2 Å². The van der Waals surface area contributed by atoms with Crippen LogP contribution in [0.4, 0.5) is 0 Å². The fourth-order valence-electron chi connectivity index (χ4n) is 2.31. The van der Waals surface area contributed by atoms with E-state index in [0.29, 0.717) is 11.6 Å². The van der Waals surface area contributed by atoms with E-state index < -0.39 is 10.0 Å². The number of rotatable bonds is 7. The molecule has 1 unspecified atom stereocenters. The zero-order chi connectivity index (χ0) is 16.9. The van der Waals surface area contributed by atoms with Crippen LogP contribution in [0.3, 0.4) is 0 Å². The van der Waals surface area contributed by atoms with Gasteiger partial charge in [-0.3, -0.25) is 0 Å². The molecule has 0 aromatic heterocycles. The van der Waals surface area contributed by atoms with Crippen LogP contribution in [0.25, 0.3) is 0 Å². The molecule has 1 saturated heterocycles. The Bertz CT molecular complexity index is 618. The molecule has 1 aromatic rings. The molecule has 2 rings (SSSR count). The third-order valence-corrected chi connectivity index (χ3v) is 5.45. The number of sulfonamides is 1. The maximum absolute atomic E-state index is 12.5. The van der Waals surface area contributed by atoms with Crippen LogP contribution in [0.15, 0.2) is 23.1 Å². The van der Waals surface area contributed by atoms with E-state index in [1.54, 1.807) is 19.1 Å². The van der Waals surface area contributed by atoms with Gasteiger partial charge in [0.1, 0.15) is 17.3 Å². The van der Waals surface area contributed by atoms with Crippen LogP contribution in [-0.4, -0.2) is 40.3 Å². The standard InChI is InChI=1S/C15H23ClN2O4S/c1-11(9-17)18-23(19,20)15-8-12(16)5-6-14(15)22-10-13-4-2-3-7-21-13/h5-6,8,11,13,18H,2-4,7,9-10,17H2,1H3/t11-,13?/m0/s1. The largest absolute Gasteiger partial charge is 0.489 e. The molecule has 1 aromatic carbocycles. The molecule has 1 aliphatic rings. The van der Waals surface area contributed by atoms with Crippen LogP contribution in [0, 0.1) is 0 Å². The average molecular weight is 363 g/mol. The predicted molar refractivity (Wildman–Crippen MR) is 89.4 cm³/mol. The molecule has 1 fully saturated rings. The lowest BCUT2D eigenvalue weighted by molar-refractivity contribution is -0.0116. The second kappa shape index (κ2) is 8.30. The molecule has 6 nitrogen and oxygen atoms in total. The maximum Gasteiger partial charge on any atom is 0.244 e. The van der Waals surface area contributed by atoms with E-state index in [-0.39, 0.29) is 29.3 Å². The smallest absolute Gasteiger partial charge is 0.244 e. The van der Waals surface area contributed by atoms with Gasteiger partial charge in [0.05, 0.1) is 6.10 Å². The molecule has 8 heteroatoms. The van der Waals surface area contributed by atoms with Crippen molar-refractivity contribution in [2.45, 2.75) is 43.2 Å². The van der Waals surface area contributed by atoms with Crippen LogP contribution >= 0.6 is 11.6 Å². The van der Waals surface area contributed by atoms with E-state index in [2.05, 4.69) is 4.72 Å². The first kappa shape index (κ1) is 18.5. The molecule has 23 heavy (non-hydrogen) atoms. The highest BCUT2D eigenvalue weighted by molar-refractivity contribution is 7.89. The number of nitrogens with one attached hydrogen (secondary N) is 1. The van der Waals surface area contributed by atoms with Gasteiger partial charge in [0, 0.05) is 24.2 Å². The van der Waals surface area contributed by atoms with Crippen molar-refractivity contribution in [3.8, 4) is 5.75 Å². The quantitative estimate of drug-likeness (QED) is 0.773. The van der Waals surface area contributed by atoms with Gasteiger partial charge < -0.3 is 15.2 Å². The molecule has 0 radical (unpaired) electrons. The van der Waals surface area contributed by atoms with Crippen LogP contribution in [0.5, 0.6) is 5.75 Å². The Morgan fingerprint density at radius 1 is 1.48 bits per heavy atom. The topological polar surface area (TPSA) is 90.7 Å². The summed E-state index contributed by atoms with van der Waals surface area (Å²) in [5.74, 6) is 0.264. The monoisotopic (exact) mass is 362 g/mol. The maximum atomic E-state index is 12.5. The molecule has 0 aliphatic carbocycles. The van der Waals surface area contributed by atoms with E-state index in [9.17, 15) is 8.42 Å². The Morgan fingerprint density at radius 2 is 2.26 bits per heavy atom. The number of benzene rings is 1. The van der Waals surface area contributed by atoms with Gasteiger partial charge in [-0.1, -0.05) is 11.6 Å². The molecule has 130 valence electrons. The van der Waals surface area contributed by atoms with Gasteiger partial charge in [-0.15, -0.1) is 0 Å². The first-order valence-electron chi connectivity index (χ1n) is 7.68. The molecular weight excluding hydrogens is 340 g/mol. The second-order valence-electron chi connectivity index (χ2n) is 5.65. The van der Waals surface area contributed by atoms with Crippen molar-refractivity contribution in [1.29, 1.82) is 0 Å². The van der Waals surface area contributed by atoms with Gasteiger partial charge in [-0.05, 0) is 44.4 Å². The summed E-state index contributed by atoms with van der Waals surface area (Å²) in [5.41, 5.74) is 5.48. The Hall–Kier alpha value is -0.860. The summed E-state index contributed by atoms with van der Waals surface area (Å²) in [7, 11) is -3.76. The fourth-order valence-corrected chi connectivity index (χ4v) is 3.97. The van der Waals surface area contributed by atoms with Gasteiger partial charge in [-0.2, -0.15) is 0 Å². The van der Waals surface area contributed by atoms with E-state index in [1.807, 2.05) is 0 Å². The van der Waals surface area contributed by atoms with Crippen molar-refractivity contribution in [2.75, 3.05) is 19.8 Å². The second-order valence-corrected chi connectivity index (χ2v) is 7.77. The molecule has 1 aliphatic heterocycles. The summed E-state index contributed by atoms with van der Waals surface area (Å²) in [6.07, 6.45) is 3.05. The summed E-state index contributed by atoms with van der Waals surface area (Å²) in [5, 5.41) is 0.326. The Labute approximate surface area is 142 Å². The van der Waals surface area contributed by atoms with Gasteiger partial charge >= 0.3 is 0 Å². The molecule has 0 bridgehead atoms.